The highest BCUT2D eigenvalue weighted by molar-refractivity contribution is 7.18. The lowest BCUT2D eigenvalue weighted by molar-refractivity contribution is 0.0992. The quantitative estimate of drug-likeness (QED) is 0.419. The highest BCUT2D eigenvalue weighted by Crippen LogP contribution is 2.30. The Morgan fingerprint density at radius 2 is 1.82 bits per heavy atom. The molecule has 8 heteroatoms. The van der Waals surface area contributed by atoms with Gasteiger partial charge in [-0.2, -0.15) is 0 Å². The van der Waals surface area contributed by atoms with Crippen molar-refractivity contribution in [3.63, 3.8) is 0 Å². The van der Waals surface area contributed by atoms with E-state index < -0.39 is 0 Å². The predicted octanol–water partition coefficient (Wildman–Crippen LogP) is 4.29. The van der Waals surface area contributed by atoms with Crippen LogP contribution in [0.5, 0.6) is 0 Å². The van der Waals surface area contributed by atoms with E-state index in [0.29, 0.717) is 16.7 Å². The maximum atomic E-state index is 13.1. The molecule has 174 valence electrons. The Morgan fingerprint density at radius 3 is 2.56 bits per heavy atom. The molecule has 1 aliphatic heterocycles. The minimum Gasteiger partial charge on any atom is -0.375 e. The average Bonchev–Trinajstić information content (AvgIpc) is 3.30. The van der Waals surface area contributed by atoms with Crippen molar-refractivity contribution in [3.05, 3.63) is 66.2 Å². The van der Waals surface area contributed by atoms with Crippen molar-refractivity contribution in [1.29, 1.82) is 0 Å². The smallest absolute Gasteiger partial charge is 0.180 e. The zero-order valence-corrected chi connectivity index (χ0v) is 20.3. The number of ketones is 1. The van der Waals surface area contributed by atoms with Gasteiger partial charge in [-0.15, -0.1) is 0 Å². The monoisotopic (exact) mass is 472 g/mol. The van der Waals surface area contributed by atoms with Crippen molar-refractivity contribution in [2.45, 2.75) is 26.3 Å². The van der Waals surface area contributed by atoms with Crippen LogP contribution in [-0.2, 0) is 6.42 Å². The van der Waals surface area contributed by atoms with Gasteiger partial charge in [-0.05, 0) is 49.1 Å². The summed E-state index contributed by atoms with van der Waals surface area (Å²) >= 11 is 1.46. The fourth-order valence-corrected chi connectivity index (χ4v) is 5.04. The molecule has 4 heterocycles. The summed E-state index contributed by atoms with van der Waals surface area (Å²) in [5.41, 5.74) is 8.27. The van der Waals surface area contributed by atoms with Gasteiger partial charge in [0.25, 0.3) is 0 Å². The maximum Gasteiger partial charge on any atom is 0.180 e. The van der Waals surface area contributed by atoms with Crippen LogP contribution in [0, 0.1) is 0 Å². The molecule has 0 amide bonds. The summed E-state index contributed by atoms with van der Waals surface area (Å²) < 4.78 is 0. The molecular formula is C26H28N6OS. The Kier molecular flexibility index (Phi) is 6.26. The van der Waals surface area contributed by atoms with Crippen molar-refractivity contribution in [2.24, 2.45) is 0 Å². The highest BCUT2D eigenvalue weighted by Gasteiger charge is 2.20. The molecule has 0 aliphatic carbocycles. The number of benzene rings is 1. The van der Waals surface area contributed by atoms with Crippen LogP contribution < -0.4 is 10.6 Å². The van der Waals surface area contributed by atoms with E-state index in [1.807, 2.05) is 30.5 Å². The molecule has 1 fully saturated rings. The standard InChI is InChI=1S/C26H28N6OS/c1-17(2)31-7-9-32(10-8-31)25-13-18(5-6-28-25)23(33)14-22-12-21-11-19(3-4-20(21)15-29-22)24-16-30-26(27)34-24/h3-6,11-13,15-17H,7-10,14H2,1-2H3,(H2,27,30). The Balaban J connectivity index is 1.32. The number of hydrogen-bond acceptors (Lipinski definition) is 8. The lowest BCUT2D eigenvalue weighted by Gasteiger charge is -2.37. The fourth-order valence-electron chi connectivity index (χ4n) is 4.36. The molecule has 0 saturated carbocycles. The van der Waals surface area contributed by atoms with Crippen molar-refractivity contribution >= 4 is 38.8 Å². The molecule has 4 aromatic rings. The lowest BCUT2D eigenvalue weighted by Crippen LogP contribution is -2.49. The highest BCUT2D eigenvalue weighted by atomic mass is 32.1. The molecule has 1 aromatic carbocycles. The number of carbonyl (C=O) groups is 1. The summed E-state index contributed by atoms with van der Waals surface area (Å²) in [4.78, 5) is 32.1. The summed E-state index contributed by atoms with van der Waals surface area (Å²) in [5.74, 6) is 0.914. The summed E-state index contributed by atoms with van der Waals surface area (Å²) in [6, 6.07) is 12.4. The molecule has 0 atom stereocenters. The van der Waals surface area contributed by atoms with Crippen molar-refractivity contribution in [3.8, 4) is 10.4 Å². The lowest BCUT2D eigenvalue weighted by atomic mass is 10.0. The number of aromatic nitrogens is 3. The summed E-state index contributed by atoms with van der Waals surface area (Å²) in [6.07, 6.45) is 5.60. The number of carbonyl (C=O) groups excluding carboxylic acids is 1. The van der Waals surface area contributed by atoms with Crippen molar-refractivity contribution < 1.29 is 4.79 Å². The predicted molar refractivity (Wildman–Crippen MR) is 138 cm³/mol. The molecule has 0 spiro atoms. The first-order valence-electron chi connectivity index (χ1n) is 11.5. The van der Waals surface area contributed by atoms with Gasteiger partial charge in [0.15, 0.2) is 10.9 Å². The number of piperazine rings is 1. The van der Waals surface area contributed by atoms with Crippen LogP contribution in [0.2, 0.25) is 0 Å². The van der Waals surface area contributed by atoms with E-state index in [2.05, 4.69) is 44.7 Å². The molecule has 0 radical (unpaired) electrons. The van der Waals surface area contributed by atoms with Gasteiger partial charge in [0, 0.05) is 67.5 Å². The van der Waals surface area contributed by atoms with Crippen LogP contribution in [-0.4, -0.2) is 57.9 Å². The molecule has 3 aromatic heterocycles. The Labute approximate surface area is 203 Å². The van der Waals surface area contributed by atoms with Crippen LogP contribution in [0.15, 0.2) is 55.0 Å². The molecule has 34 heavy (non-hydrogen) atoms. The van der Waals surface area contributed by atoms with Gasteiger partial charge in [-0.1, -0.05) is 23.5 Å². The first-order valence-corrected chi connectivity index (χ1v) is 12.4. The normalized spacial score (nSPS) is 14.7. The fraction of sp³-hybridized carbons (Fsp3) is 0.308. The number of pyridine rings is 2. The Morgan fingerprint density at radius 1 is 1.00 bits per heavy atom. The van der Waals surface area contributed by atoms with E-state index in [9.17, 15) is 4.79 Å². The number of fused-ring (bicyclic) bond motifs is 1. The van der Waals surface area contributed by atoms with Crippen LogP contribution in [0.4, 0.5) is 10.9 Å². The number of nitrogens with zero attached hydrogens (tertiary/aromatic N) is 5. The molecule has 2 N–H and O–H groups in total. The molecule has 5 rings (SSSR count). The van der Waals surface area contributed by atoms with E-state index in [0.717, 1.165) is 58.9 Å². The third-order valence-electron chi connectivity index (χ3n) is 6.36. The third-order valence-corrected chi connectivity index (χ3v) is 7.24. The first-order chi connectivity index (χ1) is 16.5. The van der Waals surface area contributed by atoms with E-state index in [1.165, 1.54) is 11.3 Å². The molecular weight excluding hydrogens is 444 g/mol. The minimum atomic E-state index is 0.0442. The number of nitrogen functional groups attached to an aromatic ring is 1. The van der Waals surface area contributed by atoms with Gasteiger partial charge in [-0.3, -0.25) is 14.7 Å². The van der Waals surface area contributed by atoms with Crippen LogP contribution >= 0.6 is 11.3 Å². The number of rotatable bonds is 6. The minimum absolute atomic E-state index is 0.0442. The Bertz CT molecular complexity index is 1330. The maximum absolute atomic E-state index is 13.1. The number of anilines is 2. The average molecular weight is 473 g/mol. The van der Waals surface area contributed by atoms with Crippen LogP contribution in [0.1, 0.15) is 29.9 Å². The second-order valence-electron chi connectivity index (χ2n) is 8.92. The number of thiazole rings is 1. The summed E-state index contributed by atoms with van der Waals surface area (Å²) in [5, 5.41) is 2.62. The first kappa shape index (κ1) is 22.4. The van der Waals surface area contributed by atoms with E-state index >= 15 is 0 Å². The van der Waals surface area contributed by atoms with Gasteiger partial charge in [0.05, 0.1) is 11.3 Å². The molecule has 0 unspecified atom stereocenters. The molecule has 7 nitrogen and oxygen atoms in total. The van der Waals surface area contributed by atoms with Crippen LogP contribution in [0.3, 0.4) is 0 Å². The molecule has 0 bridgehead atoms. The molecule has 1 aliphatic rings. The SMILES string of the molecule is CC(C)N1CCN(c2cc(C(=O)Cc3cc4cc(-c5cnc(N)s5)ccc4cn3)ccn2)CC1. The largest absolute Gasteiger partial charge is 0.375 e. The van der Waals surface area contributed by atoms with Gasteiger partial charge >= 0.3 is 0 Å². The summed E-state index contributed by atoms with van der Waals surface area (Å²) in [6.45, 7) is 8.31. The second-order valence-corrected chi connectivity index (χ2v) is 9.98. The third kappa shape index (κ3) is 4.78. The van der Waals surface area contributed by atoms with Gasteiger partial charge < -0.3 is 10.6 Å². The zero-order chi connectivity index (χ0) is 23.7. The van der Waals surface area contributed by atoms with E-state index in [1.54, 1.807) is 18.5 Å². The zero-order valence-electron chi connectivity index (χ0n) is 19.4. The van der Waals surface area contributed by atoms with Gasteiger partial charge in [0.2, 0.25) is 0 Å². The van der Waals surface area contributed by atoms with E-state index in [-0.39, 0.29) is 12.2 Å². The number of hydrogen-bond donors (Lipinski definition) is 1. The summed E-state index contributed by atoms with van der Waals surface area (Å²) in [7, 11) is 0. The van der Waals surface area contributed by atoms with Gasteiger partial charge in [-0.25, -0.2) is 9.97 Å². The van der Waals surface area contributed by atoms with Crippen molar-refractivity contribution in [1.82, 2.24) is 19.9 Å². The van der Waals surface area contributed by atoms with E-state index in [4.69, 9.17) is 5.73 Å². The topological polar surface area (TPSA) is 88.2 Å². The second kappa shape index (κ2) is 9.48. The van der Waals surface area contributed by atoms with Crippen molar-refractivity contribution in [2.75, 3.05) is 36.8 Å². The van der Waals surface area contributed by atoms with Crippen LogP contribution in [0.25, 0.3) is 21.2 Å². The number of Topliss-reactive ketones (excluding diaryl/α,β-unsaturated/α-hetero) is 1. The Hall–Kier alpha value is -3.36. The number of nitrogens with two attached hydrogens (primary N) is 1. The molecule has 1 saturated heterocycles. The van der Waals surface area contributed by atoms with Gasteiger partial charge in [0.1, 0.15) is 5.82 Å².